The lowest BCUT2D eigenvalue weighted by Gasteiger charge is -2.42. The van der Waals surface area contributed by atoms with Crippen LogP contribution in [0.5, 0.6) is 0 Å². The van der Waals surface area contributed by atoms with Crippen LogP contribution in [0, 0.1) is 0 Å². The van der Waals surface area contributed by atoms with Crippen molar-refractivity contribution in [3.63, 3.8) is 0 Å². The normalized spacial score (nSPS) is 26.0. The van der Waals surface area contributed by atoms with Gasteiger partial charge in [-0.15, -0.1) is 0 Å². The zero-order valence-electron chi connectivity index (χ0n) is 12.9. The van der Waals surface area contributed by atoms with E-state index >= 15 is 0 Å². The Balaban J connectivity index is 1.90. The molecular formula is C16H24BrClN2O. The van der Waals surface area contributed by atoms with Crippen LogP contribution in [0.1, 0.15) is 31.9 Å². The Bertz CT molecular complexity index is 473. The predicted molar refractivity (Wildman–Crippen MR) is 91.9 cm³/mol. The summed E-state index contributed by atoms with van der Waals surface area (Å²) in [7, 11) is 2.18. The molecule has 0 bridgehead atoms. The third kappa shape index (κ3) is 4.42. The lowest BCUT2D eigenvalue weighted by atomic mass is 10.0. The number of nitrogens with zero attached hydrogens (tertiary/aromatic N) is 2. The molecule has 1 N–H and O–H groups in total. The molecule has 1 aromatic rings. The molecule has 3 atom stereocenters. The maximum Gasteiger partial charge on any atom is 0.0816 e. The number of aliphatic hydroxyl groups is 1. The minimum Gasteiger partial charge on any atom is -0.388 e. The number of aliphatic hydroxyl groups excluding tert-OH is 1. The zero-order chi connectivity index (χ0) is 15.6. The molecule has 2 rings (SSSR count). The van der Waals surface area contributed by atoms with E-state index in [9.17, 15) is 5.11 Å². The van der Waals surface area contributed by atoms with Gasteiger partial charge in [-0.2, -0.15) is 0 Å². The molecular weight excluding hydrogens is 352 g/mol. The first kappa shape index (κ1) is 17.2. The molecule has 1 aromatic carbocycles. The molecule has 0 spiro atoms. The summed E-state index contributed by atoms with van der Waals surface area (Å²) >= 11 is 9.59. The quantitative estimate of drug-likeness (QED) is 0.872. The summed E-state index contributed by atoms with van der Waals surface area (Å²) in [6.45, 7) is 7.52. The average molecular weight is 376 g/mol. The first-order valence-electron chi connectivity index (χ1n) is 7.45. The van der Waals surface area contributed by atoms with Crippen LogP contribution in [0.15, 0.2) is 22.7 Å². The first-order chi connectivity index (χ1) is 9.88. The predicted octanol–water partition coefficient (Wildman–Crippen LogP) is 3.55. The highest BCUT2D eigenvalue weighted by atomic mass is 79.9. The van der Waals surface area contributed by atoms with Crippen molar-refractivity contribution < 1.29 is 5.11 Å². The molecule has 0 aliphatic carbocycles. The van der Waals surface area contributed by atoms with Crippen LogP contribution < -0.4 is 0 Å². The van der Waals surface area contributed by atoms with Crippen molar-refractivity contribution in [1.29, 1.82) is 0 Å². The van der Waals surface area contributed by atoms with Gasteiger partial charge in [-0.25, -0.2) is 0 Å². The lowest BCUT2D eigenvalue weighted by Crippen LogP contribution is -2.55. The van der Waals surface area contributed by atoms with E-state index in [1.54, 1.807) is 0 Å². The van der Waals surface area contributed by atoms with Crippen molar-refractivity contribution in [3.05, 3.63) is 33.3 Å². The van der Waals surface area contributed by atoms with Crippen molar-refractivity contribution in [2.24, 2.45) is 0 Å². The largest absolute Gasteiger partial charge is 0.388 e. The number of hydrogen-bond donors (Lipinski definition) is 1. The summed E-state index contributed by atoms with van der Waals surface area (Å²) in [5, 5.41) is 11.0. The van der Waals surface area contributed by atoms with Crippen LogP contribution in [-0.2, 0) is 0 Å². The van der Waals surface area contributed by atoms with E-state index in [2.05, 4.69) is 46.6 Å². The number of halogens is 2. The van der Waals surface area contributed by atoms with Gasteiger partial charge in [0, 0.05) is 41.2 Å². The van der Waals surface area contributed by atoms with Crippen LogP contribution in [0.3, 0.4) is 0 Å². The fraction of sp³-hybridized carbons (Fsp3) is 0.625. The number of hydrogen-bond acceptors (Lipinski definition) is 3. The molecule has 1 saturated heterocycles. The second-order valence-electron chi connectivity index (χ2n) is 6.09. The standard InChI is InChI=1S/C16H24BrClN2O/c1-11-9-20(10-12(2)19(11)3)7-6-16(21)14-5-4-13(17)8-15(14)18/h4-5,8,11-12,16,21H,6-7,9-10H2,1-3H3. The summed E-state index contributed by atoms with van der Waals surface area (Å²) in [4.78, 5) is 4.85. The molecule has 118 valence electrons. The summed E-state index contributed by atoms with van der Waals surface area (Å²) < 4.78 is 0.935. The molecule has 0 amide bonds. The van der Waals surface area contributed by atoms with E-state index in [0.29, 0.717) is 23.5 Å². The highest BCUT2D eigenvalue weighted by molar-refractivity contribution is 9.10. The Labute approximate surface area is 141 Å². The van der Waals surface area contributed by atoms with Gasteiger partial charge in [-0.05, 0) is 45.0 Å². The topological polar surface area (TPSA) is 26.7 Å². The van der Waals surface area contributed by atoms with Gasteiger partial charge in [0.05, 0.1) is 6.10 Å². The summed E-state index contributed by atoms with van der Waals surface area (Å²) in [5.41, 5.74) is 0.815. The van der Waals surface area contributed by atoms with Gasteiger partial charge in [-0.3, -0.25) is 4.90 Å². The van der Waals surface area contributed by atoms with Crippen molar-refractivity contribution in [3.8, 4) is 0 Å². The average Bonchev–Trinajstić information content (AvgIpc) is 2.42. The van der Waals surface area contributed by atoms with E-state index in [1.807, 2.05) is 18.2 Å². The smallest absolute Gasteiger partial charge is 0.0816 e. The molecule has 1 fully saturated rings. The van der Waals surface area contributed by atoms with Crippen molar-refractivity contribution in [2.75, 3.05) is 26.7 Å². The molecule has 5 heteroatoms. The second kappa shape index (κ2) is 7.42. The number of piperazine rings is 1. The molecule has 0 aromatic heterocycles. The van der Waals surface area contributed by atoms with Crippen LogP contribution in [0.25, 0.3) is 0 Å². The summed E-state index contributed by atoms with van der Waals surface area (Å²) in [5.74, 6) is 0. The Kier molecular flexibility index (Phi) is 6.09. The van der Waals surface area contributed by atoms with Gasteiger partial charge in [-0.1, -0.05) is 33.6 Å². The fourth-order valence-corrected chi connectivity index (χ4v) is 3.73. The summed E-state index contributed by atoms with van der Waals surface area (Å²) in [6.07, 6.45) is 0.209. The molecule has 21 heavy (non-hydrogen) atoms. The minimum absolute atomic E-state index is 0.504. The van der Waals surface area contributed by atoms with Crippen molar-refractivity contribution in [2.45, 2.75) is 38.5 Å². The Morgan fingerprint density at radius 3 is 2.52 bits per heavy atom. The monoisotopic (exact) mass is 374 g/mol. The maximum absolute atomic E-state index is 10.4. The van der Waals surface area contributed by atoms with Crippen LogP contribution in [0.4, 0.5) is 0 Å². The van der Waals surface area contributed by atoms with Gasteiger partial charge in [0.15, 0.2) is 0 Å². The SMILES string of the molecule is CC1CN(CCC(O)c2ccc(Br)cc2Cl)CC(C)N1C. The summed E-state index contributed by atoms with van der Waals surface area (Å²) in [6, 6.07) is 6.76. The van der Waals surface area contributed by atoms with Crippen molar-refractivity contribution in [1.82, 2.24) is 9.80 Å². The molecule has 0 radical (unpaired) electrons. The third-order valence-corrected chi connectivity index (χ3v) is 5.30. The van der Waals surface area contributed by atoms with Crippen LogP contribution >= 0.6 is 27.5 Å². The third-order valence-electron chi connectivity index (χ3n) is 4.48. The fourth-order valence-electron chi connectivity index (χ4n) is 2.93. The highest BCUT2D eigenvalue weighted by Gasteiger charge is 2.26. The van der Waals surface area contributed by atoms with Gasteiger partial charge >= 0.3 is 0 Å². The molecule has 1 aliphatic rings. The molecule has 1 aliphatic heterocycles. The number of likely N-dealkylation sites (N-methyl/N-ethyl adjacent to an activating group) is 1. The van der Waals surface area contributed by atoms with E-state index in [1.165, 1.54) is 0 Å². The molecule has 0 saturated carbocycles. The highest BCUT2D eigenvalue weighted by Crippen LogP contribution is 2.28. The van der Waals surface area contributed by atoms with E-state index in [-0.39, 0.29) is 0 Å². The van der Waals surface area contributed by atoms with E-state index in [0.717, 1.165) is 29.7 Å². The molecule has 3 unspecified atom stereocenters. The lowest BCUT2D eigenvalue weighted by molar-refractivity contribution is 0.0485. The number of rotatable bonds is 4. The Morgan fingerprint density at radius 1 is 1.33 bits per heavy atom. The van der Waals surface area contributed by atoms with E-state index in [4.69, 9.17) is 11.6 Å². The van der Waals surface area contributed by atoms with Gasteiger partial charge in [0.25, 0.3) is 0 Å². The van der Waals surface area contributed by atoms with Gasteiger partial charge in [0.2, 0.25) is 0 Å². The Hall–Kier alpha value is -0.130. The zero-order valence-corrected chi connectivity index (χ0v) is 15.2. The Morgan fingerprint density at radius 2 is 1.95 bits per heavy atom. The van der Waals surface area contributed by atoms with Crippen LogP contribution in [0.2, 0.25) is 5.02 Å². The molecule has 1 heterocycles. The van der Waals surface area contributed by atoms with Gasteiger partial charge < -0.3 is 10.0 Å². The maximum atomic E-state index is 10.4. The minimum atomic E-state index is -0.504. The second-order valence-corrected chi connectivity index (χ2v) is 7.42. The first-order valence-corrected chi connectivity index (χ1v) is 8.63. The molecule has 3 nitrogen and oxygen atoms in total. The van der Waals surface area contributed by atoms with Crippen LogP contribution in [-0.4, -0.2) is 53.7 Å². The number of benzene rings is 1. The van der Waals surface area contributed by atoms with E-state index < -0.39 is 6.10 Å². The van der Waals surface area contributed by atoms with Crippen molar-refractivity contribution >= 4 is 27.5 Å². The van der Waals surface area contributed by atoms with Gasteiger partial charge in [0.1, 0.15) is 0 Å².